The van der Waals surface area contributed by atoms with Crippen molar-refractivity contribution in [2.24, 2.45) is 4.99 Å². The fourth-order valence-electron chi connectivity index (χ4n) is 3.52. The number of halogens is 1. The van der Waals surface area contributed by atoms with Crippen molar-refractivity contribution < 1.29 is 9.53 Å². The van der Waals surface area contributed by atoms with Crippen molar-refractivity contribution in [2.75, 3.05) is 46.9 Å². The highest BCUT2D eigenvalue weighted by atomic mass is 127. The van der Waals surface area contributed by atoms with Crippen LogP contribution in [0.25, 0.3) is 0 Å². The van der Waals surface area contributed by atoms with Gasteiger partial charge in [-0.05, 0) is 35.2 Å². The first-order valence-corrected chi connectivity index (χ1v) is 10.8. The zero-order valence-corrected chi connectivity index (χ0v) is 21.2. The Hall–Kier alpha value is -2.17. The minimum Gasteiger partial charge on any atom is -0.379 e. The highest BCUT2D eigenvalue weighted by molar-refractivity contribution is 14.0. The van der Waals surface area contributed by atoms with Crippen molar-refractivity contribution in [1.82, 2.24) is 20.9 Å². The number of carbonyl (C=O) groups excluding carboxylic acids is 1. The van der Waals surface area contributed by atoms with E-state index in [1.807, 2.05) is 24.3 Å². The van der Waals surface area contributed by atoms with Gasteiger partial charge in [0.25, 0.3) is 5.91 Å². The number of hydrogen-bond acceptors (Lipinski definition) is 4. The molecule has 32 heavy (non-hydrogen) atoms. The van der Waals surface area contributed by atoms with Crippen LogP contribution < -0.4 is 16.0 Å². The van der Waals surface area contributed by atoms with Crippen molar-refractivity contribution >= 4 is 35.8 Å². The number of benzene rings is 2. The number of ether oxygens (including phenoxy) is 1. The molecule has 3 N–H and O–H groups in total. The molecule has 7 nitrogen and oxygen atoms in total. The molecule has 0 spiro atoms. The summed E-state index contributed by atoms with van der Waals surface area (Å²) in [6.45, 7) is 6.07. The first-order valence-electron chi connectivity index (χ1n) is 10.8. The second-order valence-electron chi connectivity index (χ2n) is 7.59. The highest BCUT2D eigenvalue weighted by Crippen LogP contribution is 2.09. The van der Waals surface area contributed by atoms with E-state index in [2.05, 4.69) is 50.1 Å². The number of carbonyl (C=O) groups is 1. The van der Waals surface area contributed by atoms with Crippen LogP contribution in [0.5, 0.6) is 0 Å². The number of aliphatic imine (C=N–C) groups is 1. The maximum Gasteiger partial charge on any atom is 0.251 e. The lowest BCUT2D eigenvalue weighted by molar-refractivity contribution is 0.0342. The van der Waals surface area contributed by atoms with E-state index in [0.29, 0.717) is 12.1 Å². The Bertz CT molecular complexity index is 867. The molecule has 0 unspecified atom stereocenters. The van der Waals surface area contributed by atoms with Crippen LogP contribution in [0, 0.1) is 0 Å². The summed E-state index contributed by atoms with van der Waals surface area (Å²) in [7, 11) is 3.41. The average Bonchev–Trinajstić information content (AvgIpc) is 2.82. The van der Waals surface area contributed by atoms with Crippen LogP contribution in [0.3, 0.4) is 0 Å². The van der Waals surface area contributed by atoms with Crippen LogP contribution in [0.15, 0.2) is 53.5 Å². The Balaban J connectivity index is 0.00000363. The van der Waals surface area contributed by atoms with E-state index in [-0.39, 0.29) is 29.9 Å². The van der Waals surface area contributed by atoms with E-state index in [9.17, 15) is 4.79 Å². The van der Waals surface area contributed by atoms with E-state index in [1.165, 1.54) is 11.1 Å². The van der Waals surface area contributed by atoms with E-state index >= 15 is 0 Å². The summed E-state index contributed by atoms with van der Waals surface area (Å²) < 4.78 is 5.41. The van der Waals surface area contributed by atoms with Gasteiger partial charge in [-0.25, -0.2) is 0 Å². The Morgan fingerprint density at radius 3 is 2.44 bits per heavy atom. The maximum atomic E-state index is 11.8. The van der Waals surface area contributed by atoms with Gasteiger partial charge in [0.15, 0.2) is 5.96 Å². The Morgan fingerprint density at radius 1 is 1.03 bits per heavy atom. The molecule has 1 aliphatic rings. The zero-order valence-electron chi connectivity index (χ0n) is 18.9. The van der Waals surface area contributed by atoms with E-state index in [0.717, 1.165) is 57.3 Å². The van der Waals surface area contributed by atoms with Gasteiger partial charge < -0.3 is 20.7 Å². The van der Waals surface area contributed by atoms with Gasteiger partial charge in [-0.1, -0.05) is 36.4 Å². The van der Waals surface area contributed by atoms with E-state index in [4.69, 9.17) is 4.74 Å². The lowest BCUT2D eigenvalue weighted by Gasteiger charge is -2.26. The molecule has 0 bridgehead atoms. The Morgan fingerprint density at radius 2 is 1.75 bits per heavy atom. The molecule has 174 valence electrons. The third kappa shape index (κ3) is 8.40. The average molecular weight is 551 g/mol. The maximum absolute atomic E-state index is 11.8. The second kappa shape index (κ2) is 14.1. The summed E-state index contributed by atoms with van der Waals surface area (Å²) in [6, 6.07) is 16.4. The fourth-order valence-corrected chi connectivity index (χ4v) is 3.52. The van der Waals surface area contributed by atoms with Crippen molar-refractivity contribution in [2.45, 2.75) is 19.5 Å². The van der Waals surface area contributed by atoms with Crippen molar-refractivity contribution in [3.05, 3.63) is 70.8 Å². The molecular weight excluding hydrogens is 517 g/mol. The minimum absolute atomic E-state index is 0. The first-order chi connectivity index (χ1) is 15.2. The number of rotatable bonds is 8. The fraction of sp³-hybridized carbons (Fsp3) is 0.417. The molecule has 0 atom stereocenters. The molecule has 2 aromatic rings. The second-order valence-corrected chi connectivity index (χ2v) is 7.59. The molecule has 1 amide bonds. The molecular formula is C24H34IN5O2. The van der Waals surface area contributed by atoms with Crippen molar-refractivity contribution in [1.29, 1.82) is 0 Å². The van der Waals surface area contributed by atoms with E-state index < -0.39 is 0 Å². The Labute approximate surface area is 208 Å². The molecule has 1 fully saturated rings. The number of nitrogens with zero attached hydrogens (tertiary/aromatic N) is 2. The van der Waals surface area contributed by atoms with Gasteiger partial charge in [-0.15, -0.1) is 24.0 Å². The van der Waals surface area contributed by atoms with Gasteiger partial charge in [0, 0.05) is 52.4 Å². The summed E-state index contributed by atoms with van der Waals surface area (Å²) in [5.41, 5.74) is 4.33. The number of hydrogen-bond donors (Lipinski definition) is 3. The molecule has 8 heteroatoms. The summed E-state index contributed by atoms with van der Waals surface area (Å²) in [6.07, 6.45) is 0.807. The SMILES string of the molecule is CN=C(NCCc1cccc(C(=O)NC)c1)NCc1ccc(CN2CCOCC2)cc1.I. The van der Waals surface area contributed by atoms with Gasteiger partial charge >= 0.3 is 0 Å². The predicted molar refractivity (Wildman–Crippen MR) is 140 cm³/mol. The summed E-state index contributed by atoms with van der Waals surface area (Å²) in [5, 5.41) is 9.35. The van der Waals surface area contributed by atoms with Crippen molar-refractivity contribution in [3.8, 4) is 0 Å². The van der Waals surface area contributed by atoms with Gasteiger partial charge in [0.2, 0.25) is 0 Å². The lowest BCUT2D eigenvalue weighted by Crippen LogP contribution is -2.37. The molecule has 2 aromatic carbocycles. The smallest absolute Gasteiger partial charge is 0.251 e. The number of amides is 1. The van der Waals surface area contributed by atoms with Gasteiger partial charge in [0.1, 0.15) is 0 Å². The summed E-state index contributed by atoms with van der Waals surface area (Å²) in [5.74, 6) is 0.697. The van der Waals surface area contributed by atoms with Crippen molar-refractivity contribution in [3.63, 3.8) is 0 Å². The van der Waals surface area contributed by atoms with Gasteiger partial charge in [0.05, 0.1) is 13.2 Å². The summed E-state index contributed by atoms with van der Waals surface area (Å²) >= 11 is 0. The number of nitrogens with one attached hydrogen (secondary N) is 3. The lowest BCUT2D eigenvalue weighted by atomic mass is 10.1. The molecule has 0 saturated carbocycles. The molecule has 0 aromatic heterocycles. The van der Waals surface area contributed by atoms with Crippen LogP contribution in [0.2, 0.25) is 0 Å². The van der Waals surface area contributed by atoms with Crippen LogP contribution in [0.1, 0.15) is 27.0 Å². The van der Waals surface area contributed by atoms with Gasteiger partial charge in [-0.3, -0.25) is 14.7 Å². The quantitative estimate of drug-likeness (QED) is 0.267. The third-order valence-corrected chi connectivity index (χ3v) is 5.34. The van der Waals surface area contributed by atoms with Gasteiger partial charge in [-0.2, -0.15) is 0 Å². The highest BCUT2D eigenvalue weighted by Gasteiger charge is 2.10. The topological polar surface area (TPSA) is 78.0 Å². The summed E-state index contributed by atoms with van der Waals surface area (Å²) in [4.78, 5) is 18.5. The van der Waals surface area contributed by atoms with Crippen LogP contribution in [-0.4, -0.2) is 63.7 Å². The minimum atomic E-state index is -0.0664. The molecule has 1 heterocycles. The molecule has 3 rings (SSSR count). The monoisotopic (exact) mass is 551 g/mol. The van der Waals surface area contributed by atoms with Crippen LogP contribution >= 0.6 is 24.0 Å². The molecule has 1 saturated heterocycles. The number of morpholine rings is 1. The van der Waals surface area contributed by atoms with Crippen LogP contribution in [0.4, 0.5) is 0 Å². The normalized spacial score (nSPS) is 14.4. The zero-order chi connectivity index (χ0) is 21.9. The van der Waals surface area contributed by atoms with E-state index in [1.54, 1.807) is 14.1 Å². The molecule has 0 radical (unpaired) electrons. The largest absolute Gasteiger partial charge is 0.379 e. The third-order valence-electron chi connectivity index (χ3n) is 5.34. The standard InChI is InChI=1S/C24H33N5O2.HI/c1-25-23(30)22-5-3-4-19(16-22)10-11-27-24(26-2)28-17-20-6-8-21(9-7-20)18-29-12-14-31-15-13-29;/h3-9,16H,10-15,17-18H2,1-2H3,(H,25,30)(H2,26,27,28);1H. The number of guanidine groups is 1. The predicted octanol–water partition coefficient (Wildman–Crippen LogP) is 2.40. The Kier molecular flexibility index (Phi) is 11.5. The van der Waals surface area contributed by atoms with Crippen LogP contribution in [-0.2, 0) is 24.2 Å². The first kappa shape index (κ1) is 26.1. The molecule has 0 aliphatic carbocycles. The molecule has 1 aliphatic heterocycles.